The predicted molar refractivity (Wildman–Crippen MR) is 79.5 cm³/mol. The van der Waals surface area contributed by atoms with E-state index in [0.29, 0.717) is 0 Å². The third-order valence-corrected chi connectivity index (χ3v) is 4.56. The first-order chi connectivity index (χ1) is 8.88. The van der Waals surface area contributed by atoms with Crippen LogP contribution in [0.4, 0.5) is 5.69 Å². The highest BCUT2D eigenvalue weighted by molar-refractivity contribution is 7.47. The Kier molecular flexibility index (Phi) is 5.60. The number of hydrogen-bond acceptors (Lipinski definition) is 2. The van der Waals surface area contributed by atoms with Crippen molar-refractivity contribution in [1.82, 2.24) is 5.01 Å². The Balaban J connectivity index is 1.86. The molecule has 0 aliphatic carbocycles. The summed E-state index contributed by atoms with van der Waals surface area (Å²) in [6.07, 6.45) is 6.37. The molecule has 1 aliphatic rings. The van der Waals surface area contributed by atoms with Crippen LogP contribution in [0.5, 0.6) is 0 Å². The molecule has 1 unspecified atom stereocenters. The summed E-state index contributed by atoms with van der Waals surface area (Å²) in [7, 11) is 0.925. The lowest BCUT2D eigenvalue weighted by Gasteiger charge is -2.21. The molecule has 1 aromatic rings. The third kappa shape index (κ3) is 4.38. The van der Waals surface area contributed by atoms with Gasteiger partial charge in [0, 0.05) is 13.1 Å². The second-order valence-corrected chi connectivity index (χ2v) is 6.11. The van der Waals surface area contributed by atoms with Crippen LogP contribution >= 0.6 is 8.58 Å². The van der Waals surface area contributed by atoms with Gasteiger partial charge < -0.3 is 0 Å². The SMILES string of the molecule is CCCPc1ccc(N=NN2CCCCC2)cc1. The fraction of sp³-hybridized carbons (Fsp3) is 0.571. The molecule has 0 saturated carbocycles. The molecule has 4 heteroatoms. The van der Waals surface area contributed by atoms with Crippen LogP contribution in [-0.4, -0.2) is 24.3 Å². The van der Waals surface area contributed by atoms with Crippen molar-refractivity contribution in [3.63, 3.8) is 0 Å². The van der Waals surface area contributed by atoms with Gasteiger partial charge in [0.2, 0.25) is 0 Å². The zero-order chi connectivity index (χ0) is 12.6. The highest BCUT2D eigenvalue weighted by Crippen LogP contribution is 2.17. The van der Waals surface area contributed by atoms with E-state index >= 15 is 0 Å². The van der Waals surface area contributed by atoms with E-state index in [1.807, 2.05) is 0 Å². The Morgan fingerprint density at radius 2 is 1.83 bits per heavy atom. The number of rotatable bonds is 5. The van der Waals surface area contributed by atoms with Crippen molar-refractivity contribution in [3.8, 4) is 0 Å². The average Bonchev–Trinajstić information content (AvgIpc) is 2.45. The second kappa shape index (κ2) is 7.48. The number of nitrogens with zero attached hydrogens (tertiary/aromatic N) is 3. The maximum Gasteiger partial charge on any atom is 0.0874 e. The normalized spacial score (nSPS) is 17.1. The summed E-state index contributed by atoms with van der Waals surface area (Å²) < 4.78 is 0. The molecule has 1 saturated heterocycles. The molecule has 2 rings (SSSR count). The molecule has 0 N–H and O–H groups in total. The molecule has 1 aromatic carbocycles. The number of hydrogen-bond donors (Lipinski definition) is 0. The van der Waals surface area contributed by atoms with Crippen LogP contribution in [0.15, 0.2) is 34.6 Å². The van der Waals surface area contributed by atoms with Crippen molar-refractivity contribution in [2.45, 2.75) is 32.6 Å². The van der Waals surface area contributed by atoms with Gasteiger partial charge >= 0.3 is 0 Å². The van der Waals surface area contributed by atoms with E-state index in [2.05, 4.69) is 46.5 Å². The quantitative estimate of drug-likeness (QED) is 0.585. The van der Waals surface area contributed by atoms with Crippen LogP contribution in [0.25, 0.3) is 0 Å². The molecule has 0 aromatic heterocycles. The fourth-order valence-electron chi connectivity index (χ4n) is 2.00. The van der Waals surface area contributed by atoms with Crippen LogP contribution in [0.2, 0.25) is 0 Å². The Morgan fingerprint density at radius 1 is 1.11 bits per heavy atom. The molecule has 3 nitrogen and oxygen atoms in total. The minimum Gasteiger partial charge on any atom is -0.278 e. The molecular formula is C14H22N3P. The van der Waals surface area contributed by atoms with Gasteiger partial charge in [-0.3, -0.25) is 5.01 Å². The topological polar surface area (TPSA) is 28.0 Å². The largest absolute Gasteiger partial charge is 0.278 e. The minimum atomic E-state index is 0.925. The Morgan fingerprint density at radius 3 is 2.50 bits per heavy atom. The first kappa shape index (κ1) is 13.5. The molecule has 0 radical (unpaired) electrons. The lowest BCUT2D eigenvalue weighted by Crippen LogP contribution is -2.23. The maximum absolute atomic E-state index is 4.31. The first-order valence-electron chi connectivity index (χ1n) is 6.89. The fourth-order valence-corrected chi connectivity index (χ4v) is 2.94. The van der Waals surface area contributed by atoms with Gasteiger partial charge in [-0.05, 0) is 42.9 Å². The molecule has 1 fully saturated rings. The van der Waals surface area contributed by atoms with E-state index in [9.17, 15) is 0 Å². The van der Waals surface area contributed by atoms with Gasteiger partial charge in [0.05, 0.1) is 5.69 Å². The Labute approximate surface area is 111 Å². The van der Waals surface area contributed by atoms with Gasteiger partial charge in [-0.1, -0.05) is 39.3 Å². The average molecular weight is 263 g/mol. The summed E-state index contributed by atoms with van der Waals surface area (Å²) >= 11 is 0. The molecule has 1 atom stereocenters. The predicted octanol–water partition coefficient (Wildman–Crippen LogP) is 3.89. The molecule has 0 amide bonds. The van der Waals surface area contributed by atoms with Crippen molar-refractivity contribution >= 4 is 19.6 Å². The van der Waals surface area contributed by atoms with Crippen molar-refractivity contribution in [2.75, 3.05) is 19.3 Å². The Bertz CT molecular complexity index is 369. The number of benzene rings is 1. The van der Waals surface area contributed by atoms with Crippen LogP contribution in [0.1, 0.15) is 32.6 Å². The number of piperidine rings is 1. The molecule has 18 heavy (non-hydrogen) atoms. The van der Waals surface area contributed by atoms with Gasteiger partial charge in [-0.15, -0.1) is 5.11 Å². The van der Waals surface area contributed by atoms with E-state index in [1.165, 1.54) is 37.1 Å². The van der Waals surface area contributed by atoms with Crippen molar-refractivity contribution in [1.29, 1.82) is 0 Å². The van der Waals surface area contributed by atoms with E-state index in [4.69, 9.17) is 0 Å². The van der Waals surface area contributed by atoms with Gasteiger partial charge in [0.25, 0.3) is 0 Å². The zero-order valence-electron chi connectivity index (χ0n) is 11.1. The van der Waals surface area contributed by atoms with Crippen molar-refractivity contribution in [2.24, 2.45) is 10.3 Å². The van der Waals surface area contributed by atoms with E-state index < -0.39 is 0 Å². The van der Waals surface area contributed by atoms with Crippen molar-refractivity contribution in [3.05, 3.63) is 24.3 Å². The van der Waals surface area contributed by atoms with E-state index in [0.717, 1.165) is 27.4 Å². The van der Waals surface area contributed by atoms with E-state index in [1.54, 1.807) is 0 Å². The van der Waals surface area contributed by atoms with Gasteiger partial charge in [-0.2, -0.15) is 0 Å². The first-order valence-corrected chi connectivity index (χ1v) is 8.10. The molecule has 98 valence electrons. The summed E-state index contributed by atoms with van der Waals surface area (Å²) in [5.41, 5.74) is 0.964. The summed E-state index contributed by atoms with van der Waals surface area (Å²) in [6, 6.07) is 8.51. The summed E-state index contributed by atoms with van der Waals surface area (Å²) in [5.74, 6) is 0. The lowest BCUT2D eigenvalue weighted by atomic mass is 10.2. The smallest absolute Gasteiger partial charge is 0.0874 e. The molecule has 1 aliphatic heterocycles. The standard InChI is InChI=1S/C14H22N3P/c1-2-12-18-14-8-6-13(7-9-14)15-16-17-10-4-3-5-11-17/h6-9,18H,2-5,10-12H2,1H3. The van der Waals surface area contributed by atoms with Crippen LogP contribution in [-0.2, 0) is 0 Å². The van der Waals surface area contributed by atoms with Crippen LogP contribution < -0.4 is 5.30 Å². The summed E-state index contributed by atoms with van der Waals surface area (Å²) in [5, 5.41) is 12.1. The second-order valence-electron chi connectivity index (χ2n) is 4.68. The highest BCUT2D eigenvalue weighted by atomic mass is 31.1. The minimum absolute atomic E-state index is 0.925. The molecular weight excluding hydrogens is 241 g/mol. The maximum atomic E-state index is 4.31. The van der Waals surface area contributed by atoms with Gasteiger partial charge in [0.1, 0.15) is 0 Å². The monoisotopic (exact) mass is 263 g/mol. The lowest BCUT2D eigenvalue weighted by molar-refractivity contribution is 0.224. The highest BCUT2D eigenvalue weighted by Gasteiger charge is 2.06. The molecule has 0 bridgehead atoms. The summed E-state index contributed by atoms with van der Waals surface area (Å²) in [6.45, 7) is 4.34. The van der Waals surface area contributed by atoms with E-state index in [-0.39, 0.29) is 0 Å². The summed E-state index contributed by atoms with van der Waals surface area (Å²) in [4.78, 5) is 0. The van der Waals surface area contributed by atoms with Gasteiger partial charge in [-0.25, -0.2) is 0 Å². The Hall–Kier alpha value is -0.950. The van der Waals surface area contributed by atoms with Crippen molar-refractivity contribution < 1.29 is 0 Å². The van der Waals surface area contributed by atoms with Crippen LogP contribution in [0, 0.1) is 0 Å². The zero-order valence-corrected chi connectivity index (χ0v) is 12.1. The van der Waals surface area contributed by atoms with Gasteiger partial charge in [0.15, 0.2) is 0 Å². The van der Waals surface area contributed by atoms with Crippen LogP contribution in [0.3, 0.4) is 0 Å². The third-order valence-electron chi connectivity index (χ3n) is 3.07. The molecule has 0 spiro atoms. The molecule has 1 heterocycles.